The number of nitrogens with zero attached hydrogens (tertiary/aromatic N) is 5. The number of fused-ring (bicyclic) bond motifs is 1. The molecule has 2 amide bonds. The van der Waals surface area contributed by atoms with Gasteiger partial charge < -0.3 is 37.4 Å². The number of hydrogen-bond acceptors (Lipinski definition) is 13. The van der Waals surface area contributed by atoms with Crippen LogP contribution in [-0.2, 0) is 26.3 Å². The summed E-state index contributed by atoms with van der Waals surface area (Å²) in [7, 11) is 2.74. The summed E-state index contributed by atoms with van der Waals surface area (Å²) in [5.74, 6) is -2.30. The van der Waals surface area contributed by atoms with E-state index >= 15 is 0 Å². The number of nitrogens with two attached hydrogens (primary N) is 1. The Morgan fingerprint density at radius 1 is 1.27 bits per heavy atom. The standard InChI is InChI=1S/C18H18N8O7S3.2Na.3H2O/c1-25-18(22-12(28)13(29)23-25)36-4-6-3-34-15-9(14(30)26(15)10(6)16(31)32)21-11(27)8(24-33-2)7-5-35-17(19)20-7;;;;;/h5,9,15H,3-4H2,1-2H3,(H2,19,20)(H,21,27)(H,23,29)(H,31,32);;;3*1H2/q;2*+1;;;/t9?,15-;;;;;/m1...../s1. The number of oxime groups is 1. The van der Waals surface area contributed by atoms with Crippen molar-refractivity contribution in [1.29, 1.82) is 0 Å². The third-order valence-corrected chi connectivity index (χ3v) is 8.15. The molecule has 2 aliphatic rings. The summed E-state index contributed by atoms with van der Waals surface area (Å²) in [6, 6.07) is -0.995. The predicted molar refractivity (Wildman–Crippen MR) is 141 cm³/mol. The molecule has 0 bridgehead atoms. The average molecular weight is 655 g/mol. The van der Waals surface area contributed by atoms with Crippen LogP contribution >= 0.6 is 34.9 Å². The van der Waals surface area contributed by atoms with Crippen LogP contribution in [0.1, 0.15) is 5.69 Å². The molecule has 2 aromatic rings. The number of aliphatic carboxylic acids is 1. The third-order valence-electron chi connectivity index (χ3n) is 5.02. The summed E-state index contributed by atoms with van der Waals surface area (Å²) in [6.07, 6.45) is 0. The number of nitrogen functional groups attached to an aromatic ring is 1. The van der Waals surface area contributed by atoms with E-state index in [0.29, 0.717) is 5.57 Å². The van der Waals surface area contributed by atoms with Crippen molar-refractivity contribution in [1.82, 2.24) is 30.0 Å². The van der Waals surface area contributed by atoms with Crippen LogP contribution in [0.15, 0.2) is 36.6 Å². The van der Waals surface area contributed by atoms with Gasteiger partial charge in [-0.3, -0.25) is 33.9 Å². The minimum Gasteiger partial charge on any atom is -0.477 e. The van der Waals surface area contributed by atoms with Crippen molar-refractivity contribution in [3.8, 4) is 0 Å². The Morgan fingerprint density at radius 2 is 1.93 bits per heavy atom. The molecule has 0 saturated carbocycles. The maximum absolute atomic E-state index is 12.9. The molecule has 214 valence electrons. The third kappa shape index (κ3) is 8.64. The first kappa shape index (κ1) is 41.4. The van der Waals surface area contributed by atoms with Gasteiger partial charge >= 0.3 is 76.2 Å². The summed E-state index contributed by atoms with van der Waals surface area (Å²) in [5, 5.41) is 19.6. The second kappa shape index (κ2) is 17.4. The average Bonchev–Trinajstić information content (AvgIpc) is 3.27. The minimum atomic E-state index is -1.31. The predicted octanol–water partition coefficient (Wildman–Crippen LogP) is -10.1. The van der Waals surface area contributed by atoms with Crippen LogP contribution in [0.25, 0.3) is 0 Å². The molecule has 2 aromatic heterocycles. The molecule has 18 nitrogen and oxygen atoms in total. The van der Waals surface area contributed by atoms with E-state index in [4.69, 9.17) is 10.6 Å². The van der Waals surface area contributed by atoms with Crippen LogP contribution in [0.2, 0.25) is 0 Å². The van der Waals surface area contributed by atoms with Crippen molar-refractivity contribution in [3.05, 3.63) is 43.1 Å². The Labute approximate surface area is 287 Å². The van der Waals surface area contributed by atoms with Crippen molar-refractivity contribution in [2.24, 2.45) is 12.2 Å². The number of aryl methyl sites for hydroxylation is 1. The summed E-state index contributed by atoms with van der Waals surface area (Å²) >= 11 is 3.41. The quantitative estimate of drug-likeness (QED) is 0.0515. The molecular formula is C18H24N8Na2O10S3+2. The van der Waals surface area contributed by atoms with Gasteiger partial charge in [-0.2, -0.15) is 4.98 Å². The largest absolute Gasteiger partial charge is 1.00 e. The van der Waals surface area contributed by atoms with Gasteiger partial charge in [0.1, 0.15) is 29.9 Å². The van der Waals surface area contributed by atoms with E-state index < -0.39 is 40.3 Å². The van der Waals surface area contributed by atoms with Gasteiger partial charge in [0.2, 0.25) is 0 Å². The zero-order valence-corrected chi connectivity index (χ0v) is 28.5. The topological polar surface area (TPSA) is 309 Å². The number of carbonyl (C=O) groups excluding carboxylic acids is 2. The number of aromatic amines is 1. The summed E-state index contributed by atoms with van der Waals surface area (Å²) in [5.41, 5.74) is 4.00. The summed E-state index contributed by atoms with van der Waals surface area (Å²) < 4.78 is 1.25. The zero-order valence-electron chi connectivity index (χ0n) is 22.1. The van der Waals surface area contributed by atoms with Crippen molar-refractivity contribution in [2.45, 2.75) is 16.6 Å². The van der Waals surface area contributed by atoms with Crippen molar-refractivity contribution in [3.63, 3.8) is 0 Å². The van der Waals surface area contributed by atoms with E-state index in [-0.39, 0.29) is 114 Å². The Morgan fingerprint density at radius 3 is 2.49 bits per heavy atom. The van der Waals surface area contributed by atoms with E-state index in [1.54, 1.807) is 0 Å². The molecule has 0 aromatic carbocycles. The second-order valence-electron chi connectivity index (χ2n) is 7.30. The molecule has 4 heterocycles. The van der Waals surface area contributed by atoms with Crippen LogP contribution in [0, 0.1) is 0 Å². The first-order valence-electron chi connectivity index (χ1n) is 9.96. The Hall–Kier alpha value is -1.76. The number of thiazole rings is 1. The van der Waals surface area contributed by atoms with Gasteiger partial charge in [0, 0.05) is 23.9 Å². The number of amides is 2. The van der Waals surface area contributed by atoms with E-state index in [9.17, 15) is 29.1 Å². The first-order valence-corrected chi connectivity index (χ1v) is 12.9. The number of carbonyl (C=O) groups is 3. The molecule has 11 N–H and O–H groups in total. The number of anilines is 1. The number of β-lactam (4-membered cyclic amide) rings is 1. The smallest absolute Gasteiger partial charge is 0.477 e. The number of thioether (sulfide) groups is 2. The summed E-state index contributed by atoms with van der Waals surface area (Å²) in [6.45, 7) is 0. The van der Waals surface area contributed by atoms with Gasteiger partial charge in [0.25, 0.3) is 11.8 Å². The van der Waals surface area contributed by atoms with Crippen LogP contribution in [0.4, 0.5) is 5.13 Å². The van der Waals surface area contributed by atoms with Crippen molar-refractivity contribution >= 4 is 63.5 Å². The normalized spacial score (nSPS) is 17.2. The molecule has 2 aliphatic heterocycles. The molecule has 23 heteroatoms. The molecule has 0 aliphatic carbocycles. The second-order valence-corrected chi connectivity index (χ2v) is 10.2. The van der Waals surface area contributed by atoms with Crippen molar-refractivity contribution < 1.29 is 99.9 Å². The molecule has 0 spiro atoms. The Balaban J connectivity index is 0. The van der Waals surface area contributed by atoms with Gasteiger partial charge in [0.05, 0.1) is 0 Å². The fourth-order valence-electron chi connectivity index (χ4n) is 3.44. The molecular weight excluding hydrogens is 630 g/mol. The van der Waals surface area contributed by atoms with Gasteiger partial charge in [-0.15, -0.1) is 23.1 Å². The van der Waals surface area contributed by atoms with Crippen LogP contribution in [0.5, 0.6) is 0 Å². The van der Waals surface area contributed by atoms with Crippen LogP contribution < -0.4 is 81.3 Å². The number of hydrogen-bond donors (Lipinski definition) is 4. The number of nitrogens with one attached hydrogen (secondary N) is 2. The molecule has 1 saturated heterocycles. The van der Waals surface area contributed by atoms with E-state index in [1.807, 2.05) is 0 Å². The molecule has 0 radical (unpaired) electrons. The number of carboxylic acid groups (broad SMARTS) is 1. The van der Waals surface area contributed by atoms with Gasteiger partial charge in [-0.05, 0) is 5.57 Å². The Bertz CT molecular complexity index is 1450. The molecule has 2 atom stereocenters. The fraction of sp³-hybridized carbons (Fsp3) is 0.333. The maximum Gasteiger partial charge on any atom is 1.00 e. The zero-order chi connectivity index (χ0) is 26.1. The van der Waals surface area contributed by atoms with E-state index in [0.717, 1.165) is 28.0 Å². The molecule has 41 heavy (non-hydrogen) atoms. The van der Waals surface area contributed by atoms with Crippen LogP contribution in [-0.4, -0.2) is 99.7 Å². The van der Waals surface area contributed by atoms with Gasteiger partial charge in [-0.25, -0.2) is 9.78 Å². The van der Waals surface area contributed by atoms with Gasteiger partial charge in [-0.1, -0.05) is 16.9 Å². The summed E-state index contributed by atoms with van der Waals surface area (Å²) in [4.78, 5) is 74.3. The molecule has 4 rings (SSSR count). The van der Waals surface area contributed by atoms with Crippen molar-refractivity contribution in [2.75, 3.05) is 24.3 Å². The first-order chi connectivity index (χ1) is 17.1. The minimum absolute atomic E-state index is 0. The van der Waals surface area contributed by atoms with Crippen LogP contribution in [0.3, 0.4) is 0 Å². The Kier molecular flexibility index (Phi) is 17.5. The van der Waals surface area contributed by atoms with Gasteiger partial charge in [0.15, 0.2) is 16.0 Å². The fourth-order valence-corrected chi connectivity index (χ4v) is 6.39. The molecule has 1 unspecified atom stereocenters. The molecule has 1 fully saturated rings. The number of carboxylic acids is 1. The van der Waals surface area contributed by atoms with E-state index in [1.165, 1.54) is 36.0 Å². The monoisotopic (exact) mass is 654 g/mol. The maximum atomic E-state index is 12.9. The van der Waals surface area contributed by atoms with E-state index in [2.05, 4.69) is 25.5 Å². The number of H-pyrrole nitrogens is 1. The number of rotatable bonds is 8. The number of aromatic nitrogens is 4. The SMILES string of the molecule is CON=C(C(=O)NC1C(=O)N2C(C(=O)O)=C(CSc3nc(=O)c(=O)[nH]n3C)CS[C@H]12)c1csc(N)n1.O.O.O.[Na+].[Na+].